The molecule has 154 valence electrons. The molecule has 8 heteroatoms. The van der Waals surface area contributed by atoms with Gasteiger partial charge in [-0.25, -0.2) is 4.98 Å². The first kappa shape index (κ1) is 19.4. The Kier molecular flexibility index (Phi) is 5.76. The van der Waals surface area contributed by atoms with Gasteiger partial charge >= 0.3 is 0 Å². The number of piperidine rings is 3. The number of hydrogen-bond acceptors (Lipinski definition) is 7. The molecule has 2 aromatic rings. The molecule has 2 bridgehead atoms. The number of nitrogens with zero attached hydrogens (tertiary/aromatic N) is 3. The first-order valence-electron chi connectivity index (χ1n) is 10.3. The maximum Gasteiger partial charge on any atom is 0.251 e. The highest BCUT2D eigenvalue weighted by Gasteiger charge is 2.34. The molecule has 6 nitrogen and oxygen atoms in total. The molecule has 1 N–H and O–H groups in total. The Bertz CT molecular complexity index is 843. The van der Waals surface area contributed by atoms with Crippen molar-refractivity contribution in [1.82, 2.24) is 15.2 Å². The van der Waals surface area contributed by atoms with Crippen LogP contribution in [0.4, 0.5) is 5.00 Å². The van der Waals surface area contributed by atoms with Gasteiger partial charge in [0, 0.05) is 36.1 Å². The number of carbonyl (C=O) groups is 1. The van der Waals surface area contributed by atoms with E-state index in [4.69, 9.17) is 4.74 Å². The smallest absolute Gasteiger partial charge is 0.251 e. The molecule has 0 saturated carbocycles. The molecule has 1 aromatic heterocycles. The van der Waals surface area contributed by atoms with Crippen LogP contribution in [0.15, 0.2) is 39.7 Å². The van der Waals surface area contributed by atoms with Crippen LogP contribution in [0.2, 0.25) is 0 Å². The number of amides is 1. The number of nitrogens with one attached hydrogen (secondary N) is 1. The van der Waals surface area contributed by atoms with Gasteiger partial charge in [0.2, 0.25) is 0 Å². The molecule has 0 spiro atoms. The number of morpholine rings is 1. The molecule has 6 rings (SSSR count). The lowest BCUT2D eigenvalue weighted by molar-refractivity contribution is 0.0620. The van der Waals surface area contributed by atoms with E-state index >= 15 is 0 Å². The van der Waals surface area contributed by atoms with Crippen LogP contribution < -0.4 is 10.2 Å². The van der Waals surface area contributed by atoms with Crippen LogP contribution in [0.25, 0.3) is 0 Å². The van der Waals surface area contributed by atoms with Gasteiger partial charge < -0.3 is 19.9 Å². The zero-order valence-corrected chi connectivity index (χ0v) is 18.0. The predicted octanol–water partition coefficient (Wildman–Crippen LogP) is 2.95. The number of thiazole rings is 1. The van der Waals surface area contributed by atoms with E-state index in [2.05, 4.69) is 20.1 Å². The van der Waals surface area contributed by atoms with Gasteiger partial charge in [0.05, 0.1) is 19.4 Å². The third-order valence-corrected chi connectivity index (χ3v) is 8.23. The van der Waals surface area contributed by atoms with Crippen LogP contribution >= 0.6 is 23.1 Å². The number of ether oxygens (including phenoxy) is 1. The largest absolute Gasteiger partial charge is 0.378 e. The zero-order chi connectivity index (χ0) is 19.6. The number of aromatic nitrogens is 1. The molecular formula is C21H26N4O2S2. The van der Waals surface area contributed by atoms with Crippen LogP contribution in [0, 0.1) is 5.92 Å². The summed E-state index contributed by atoms with van der Waals surface area (Å²) in [5.41, 5.74) is 0.735. The lowest BCUT2D eigenvalue weighted by atomic mass is 9.84. The van der Waals surface area contributed by atoms with Crippen LogP contribution in [0.3, 0.4) is 0 Å². The molecule has 5 heterocycles. The Morgan fingerprint density at radius 1 is 1.14 bits per heavy atom. The Morgan fingerprint density at radius 2 is 1.90 bits per heavy atom. The van der Waals surface area contributed by atoms with Gasteiger partial charge in [-0.1, -0.05) is 23.1 Å². The van der Waals surface area contributed by atoms with E-state index < -0.39 is 0 Å². The van der Waals surface area contributed by atoms with Gasteiger partial charge in [0.1, 0.15) is 5.00 Å². The maximum absolute atomic E-state index is 12.7. The molecule has 29 heavy (non-hydrogen) atoms. The Balaban J connectivity index is 1.18. The standard InChI is InChI=1S/C21H26N4O2S2/c26-20(23-18-14-24-7-5-15(18)6-8-24)16-1-3-17(4-2-16)28-21-22-13-19(29-21)25-9-11-27-12-10-25/h1-4,13,15,18H,5-12,14H2,(H,23,26)/t18-/m0/s1. The monoisotopic (exact) mass is 430 g/mol. The molecular weight excluding hydrogens is 404 g/mol. The second-order valence-corrected chi connectivity index (χ2v) is 10.2. The molecule has 0 aliphatic carbocycles. The minimum absolute atomic E-state index is 0.0455. The summed E-state index contributed by atoms with van der Waals surface area (Å²) in [5, 5.41) is 4.46. The number of hydrogen-bond donors (Lipinski definition) is 1. The van der Waals surface area contributed by atoms with E-state index in [1.165, 1.54) is 30.9 Å². The molecule has 0 radical (unpaired) electrons. The number of fused-ring (bicyclic) bond motifs is 3. The normalized spacial score (nSPS) is 26.5. The number of rotatable bonds is 5. The second-order valence-electron chi connectivity index (χ2n) is 7.91. The van der Waals surface area contributed by atoms with E-state index in [0.29, 0.717) is 12.0 Å². The third kappa shape index (κ3) is 4.45. The van der Waals surface area contributed by atoms with Gasteiger partial charge in [-0.15, -0.1) is 0 Å². The minimum atomic E-state index is 0.0455. The first-order valence-corrected chi connectivity index (χ1v) is 12.0. The maximum atomic E-state index is 12.7. The van der Waals surface area contributed by atoms with Crippen LogP contribution in [0.5, 0.6) is 0 Å². The van der Waals surface area contributed by atoms with Gasteiger partial charge in [-0.3, -0.25) is 4.79 Å². The molecule has 4 aliphatic heterocycles. The Morgan fingerprint density at radius 3 is 2.59 bits per heavy atom. The molecule has 0 unspecified atom stereocenters. The highest BCUT2D eigenvalue weighted by Crippen LogP contribution is 2.35. The molecule has 4 saturated heterocycles. The second kappa shape index (κ2) is 8.63. The fourth-order valence-electron chi connectivity index (χ4n) is 4.38. The summed E-state index contributed by atoms with van der Waals surface area (Å²) in [7, 11) is 0. The van der Waals surface area contributed by atoms with E-state index in [1.54, 1.807) is 23.1 Å². The SMILES string of the molecule is O=C(N[C@H]1CN2CCC1CC2)c1ccc(Sc2ncc(N3CCOCC3)s2)cc1. The topological polar surface area (TPSA) is 57.7 Å². The van der Waals surface area contributed by atoms with Crippen molar-refractivity contribution >= 4 is 34.0 Å². The molecule has 1 aromatic carbocycles. The van der Waals surface area contributed by atoms with Crippen molar-refractivity contribution in [2.45, 2.75) is 28.1 Å². The van der Waals surface area contributed by atoms with E-state index in [9.17, 15) is 4.79 Å². The summed E-state index contributed by atoms with van der Waals surface area (Å²) in [6.45, 7) is 6.79. The van der Waals surface area contributed by atoms with Crippen molar-refractivity contribution in [1.29, 1.82) is 0 Å². The highest BCUT2D eigenvalue weighted by atomic mass is 32.2. The fraction of sp³-hybridized carbons (Fsp3) is 0.524. The van der Waals surface area contributed by atoms with E-state index in [1.807, 2.05) is 30.5 Å². The van der Waals surface area contributed by atoms with Crippen molar-refractivity contribution < 1.29 is 9.53 Å². The number of benzene rings is 1. The summed E-state index contributed by atoms with van der Waals surface area (Å²) < 4.78 is 6.44. The van der Waals surface area contributed by atoms with Crippen molar-refractivity contribution in [2.24, 2.45) is 5.92 Å². The Hall–Kier alpha value is -1.61. The summed E-state index contributed by atoms with van der Waals surface area (Å²) in [5.74, 6) is 0.688. The fourth-order valence-corrected chi connectivity index (χ4v) is 6.37. The quantitative estimate of drug-likeness (QED) is 0.787. The molecule has 1 atom stereocenters. The van der Waals surface area contributed by atoms with Crippen LogP contribution in [-0.4, -0.2) is 67.8 Å². The van der Waals surface area contributed by atoms with Crippen LogP contribution in [0.1, 0.15) is 23.2 Å². The van der Waals surface area contributed by atoms with Crippen molar-refractivity contribution in [3.8, 4) is 0 Å². The van der Waals surface area contributed by atoms with Gasteiger partial charge in [-0.05, 0) is 56.1 Å². The minimum Gasteiger partial charge on any atom is -0.378 e. The highest BCUT2D eigenvalue weighted by molar-refractivity contribution is 8.01. The van der Waals surface area contributed by atoms with Gasteiger partial charge in [0.15, 0.2) is 4.34 Å². The average molecular weight is 431 g/mol. The van der Waals surface area contributed by atoms with Gasteiger partial charge in [0.25, 0.3) is 5.91 Å². The van der Waals surface area contributed by atoms with Crippen molar-refractivity contribution in [3.05, 3.63) is 36.0 Å². The van der Waals surface area contributed by atoms with Crippen molar-refractivity contribution in [2.75, 3.05) is 50.8 Å². The van der Waals surface area contributed by atoms with E-state index in [0.717, 1.165) is 47.6 Å². The molecule has 4 aliphatic rings. The van der Waals surface area contributed by atoms with Crippen LogP contribution in [-0.2, 0) is 4.74 Å². The lowest BCUT2D eigenvalue weighted by Gasteiger charge is -2.44. The average Bonchev–Trinajstić information content (AvgIpc) is 3.24. The lowest BCUT2D eigenvalue weighted by Crippen LogP contribution is -2.57. The predicted molar refractivity (Wildman–Crippen MR) is 116 cm³/mol. The summed E-state index contributed by atoms with van der Waals surface area (Å²) >= 11 is 3.36. The third-order valence-electron chi connectivity index (χ3n) is 6.09. The molecule has 1 amide bonds. The first-order chi connectivity index (χ1) is 14.2. The number of carbonyl (C=O) groups excluding carboxylic acids is 1. The zero-order valence-electron chi connectivity index (χ0n) is 16.4. The van der Waals surface area contributed by atoms with E-state index in [-0.39, 0.29) is 5.91 Å². The van der Waals surface area contributed by atoms with Gasteiger partial charge in [-0.2, -0.15) is 0 Å². The molecule has 4 fully saturated rings. The summed E-state index contributed by atoms with van der Waals surface area (Å²) in [6.07, 6.45) is 4.37. The summed E-state index contributed by atoms with van der Waals surface area (Å²) in [4.78, 5) is 23.1. The number of anilines is 1. The van der Waals surface area contributed by atoms with Crippen molar-refractivity contribution in [3.63, 3.8) is 0 Å². The summed E-state index contributed by atoms with van der Waals surface area (Å²) in [6, 6.07) is 8.19. The Labute approximate surface area is 179 Å².